The molecule has 1 amide bonds. The summed E-state index contributed by atoms with van der Waals surface area (Å²) in [6.07, 6.45) is 1.34. The highest BCUT2D eigenvalue weighted by molar-refractivity contribution is 6.34. The molecule has 0 fully saturated rings. The van der Waals surface area contributed by atoms with Crippen molar-refractivity contribution in [1.29, 1.82) is 0 Å². The normalized spacial score (nSPS) is 10.2. The smallest absolute Gasteiger partial charge is 0.275 e. The topological polar surface area (TPSA) is 76.2 Å². The van der Waals surface area contributed by atoms with Crippen LogP contribution < -0.4 is 14.8 Å². The van der Waals surface area contributed by atoms with Crippen LogP contribution in [0.25, 0.3) is 0 Å². The minimum atomic E-state index is -0.449. The van der Waals surface area contributed by atoms with Crippen LogP contribution in [0.2, 0.25) is 10.0 Å². The predicted molar refractivity (Wildman–Crippen MR) is 76.1 cm³/mol. The van der Waals surface area contributed by atoms with E-state index in [0.717, 1.165) is 0 Å². The van der Waals surface area contributed by atoms with Gasteiger partial charge in [-0.15, -0.1) is 0 Å². The molecule has 106 valence electrons. The minimum absolute atomic E-state index is 0.155. The van der Waals surface area contributed by atoms with Crippen LogP contribution in [-0.2, 0) is 0 Å². The van der Waals surface area contributed by atoms with Gasteiger partial charge in [-0.1, -0.05) is 23.2 Å². The fourth-order valence-electron chi connectivity index (χ4n) is 1.57. The third kappa shape index (κ3) is 2.81. The number of rotatable bonds is 4. The highest BCUT2D eigenvalue weighted by Crippen LogP contribution is 2.36. The molecule has 1 aromatic carbocycles. The molecule has 0 bridgehead atoms. The molecular formula is C12H11Cl2N3O3. The molecule has 2 N–H and O–H groups in total. The first-order chi connectivity index (χ1) is 9.56. The second-order valence-electron chi connectivity index (χ2n) is 3.73. The lowest BCUT2D eigenvalue weighted by Crippen LogP contribution is -2.13. The number of nitrogens with one attached hydrogen (secondary N) is 2. The van der Waals surface area contributed by atoms with Crippen LogP contribution >= 0.6 is 23.2 Å². The summed E-state index contributed by atoms with van der Waals surface area (Å²) in [5.74, 6) is 0.369. The fraction of sp³-hybridized carbons (Fsp3) is 0.167. The summed E-state index contributed by atoms with van der Waals surface area (Å²) < 4.78 is 10.3. The summed E-state index contributed by atoms with van der Waals surface area (Å²) in [5, 5.41) is 9.44. The zero-order chi connectivity index (χ0) is 14.7. The van der Waals surface area contributed by atoms with Crippen LogP contribution in [0.5, 0.6) is 11.5 Å². The lowest BCUT2D eigenvalue weighted by molar-refractivity contribution is 0.102. The third-order valence-corrected chi connectivity index (χ3v) is 3.12. The first kappa shape index (κ1) is 14.5. The summed E-state index contributed by atoms with van der Waals surface area (Å²) >= 11 is 11.8. The van der Waals surface area contributed by atoms with Crippen LogP contribution in [0.1, 0.15) is 10.5 Å². The maximum absolute atomic E-state index is 12.1. The Bertz CT molecular complexity index is 643. The highest BCUT2D eigenvalue weighted by atomic mass is 35.5. The second-order valence-corrected chi connectivity index (χ2v) is 4.55. The number of carbonyl (C=O) groups excluding carboxylic acids is 1. The van der Waals surface area contributed by atoms with Crippen molar-refractivity contribution >= 4 is 34.8 Å². The Morgan fingerprint density at radius 3 is 2.45 bits per heavy atom. The number of hydrogen-bond donors (Lipinski definition) is 2. The summed E-state index contributed by atoms with van der Waals surface area (Å²) in [6.45, 7) is 0. The maximum Gasteiger partial charge on any atom is 0.275 e. The SMILES string of the molecule is COc1cc(NC(=O)c2[nH]ncc2Cl)c(OC)cc1Cl. The minimum Gasteiger partial charge on any atom is -0.495 e. The molecule has 0 spiro atoms. The largest absolute Gasteiger partial charge is 0.495 e. The van der Waals surface area contributed by atoms with E-state index >= 15 is 0 Å². The van der Waals surface area contributed by atoms with Gasteiger partial charge in [-0.3, -0.25) is 9.89 Å². The van der Waals surface area contributed by atoms with Gasteiger partial charge in [-0.2, -0.15) is 5.10 Å². The van der Waals surface area contributed by atoms with Gasteiger partial charge in [0, 0.05) is 12.1 Å². The van der Waals surface area contributed by atoms with Gasteiger partial charge in [-0.25, -0.2) is 0 Å². The monoisotopic (exact) mass is 315 g/mol. The summed E-state index contributed by atoms with van der Waals surface area (Å²) in [5.41, 5.74) is 0.562. The van der Waals surface area contributed by atoms with Crippen molar-refractivity contribution in [2.24, 2.45) is 0 Å². The van der Waals surface area contributed by atoms with E-state index in [0.29, 0.717) is 22.2 Å². The van der Waals surface area contributed by atoms with Crippen LogP contribution in [0.3, 0.4) is 0 Å². The second kappa shape index (κ2) is 6.02. The zero-order valence-electron chi connectivity index (χ0n) is 10.7. The van der Waals surface area contributed by atoms with Crippen molar-refractivity contribution in [1.82, 2.24) is 10.2 Å². The molecular weight excluding hydrogens is 305 g/mol. The molecule has 0 aliphatic rings. The van der Waals surface area contributed by atoms with Gasteiger partial charge in [0.25, 0.3) is 5.91 Å². The lowest BCUT2D eigenvalue weighted by atomic mass is 10.2. The molecule has 0 atom stereocenters. The third-order valence-electron chi connectivity index (χ3n) is 2.54. The predicted octanol–water partition coefficient (Wildman–Crippen LogP) is 2.99. The van der Waals surface area contributed by atoms with Crippen LogP contribution in [0.15, 0.2) is 18.3 Å². The van der Waals surface area contributed by atoms with Gasteiger partial charge < -0.3 is 14.8 Å². The molecule has 0 unspecified atom stereocenters. The zero-order valence-corrected chi connectivity index (χ0v) is 12.2. The fourth-order valence-corrected chi connectivity index (χ4v) is 1.98. The van der Waals surface area contributed by atoms with Crippen molar-refractivity contribution in [3.63, 3.8) is 0 Å². The summed E-state index contributed by atoms with van der Waals surface area (Å²) in [7, 11) is 2.95. The van der Waals surface area contributed by atoms with E-state index in [1.165, 1.54) is 20.4 Å². The van der Waals surface area contributed by atoms with Crippen molar-refractivity contribution in [3.05, 3.63) is 34.1 Å². The Hall–Kier alpha value is -1.92. The number of aromatic nitrogens is 2. The summed E-state index contributed by atoms with van der Waals surface area (Å²) in [4.78, 5) is 12.1. The summed E-state index contributed by atoms with van der Waals surface area (Å²) in [6, 6.07) is 3.11. The van der Waals surface area contributed by atoms with Crippen LogP contribution in [-0.4, -0.2) is 30.3 Å². The molecule has 20 heavy (non-hydrogen) atoms. The number of methoxy groups -OCH3 is 2. The van der Waals surface area contributed by atoms with Gasteiger partial charge in [-0.05, 0) is 0 Å². The molecule has 2 rings (SSSR count). The van der Waals surface area contributed by atoms with Gasteiger partial charge >= 0.3 is 0 Å². The highest BCUT2D eigenvalue weighted by Gasteiger charge is 2.16. The quantitative estimate of drug-likeness (QED) is 0.909. The molecule has 0 aliphatic carbocycles. The average molecular weight is 316 g/mol. The number of H-pyrrole nitrogens is 1. The van der Waals surface area contributed by atoms with E-state index in [1.54, 1.807) is 12.1 Å². The van der Waals surface area contributed by atoms with Gasteiger partial charge in [0.2, 0.25) is 0 Å². The Balaban J connectivity index is 2.33. The lowest BCUT2D eigenvalue weighted by Gasteiger charge is -2.12. The number of hydrogen-bond acceptors (Lipinski definition) is 4. The first-order valence-electron chi connectivity index (χ1n) is 5.48. The Morgan fingerprint density at radius 2 is 1.90 bits per heavy atom. The number of carbonyl (C=O) groups is 1. The Morgan fingerprint density at radius 1 is 1.20 bits per heavy atom. The standard InChI is InChI=1S/C12H11Cl2N3O3/c1-19-9-4-8(10(20-2)3-6(9)13)16-12(18)11-7(14)5-15-17-11/h3-5H,1-2H3,(H,15,17)(H,16,18). The van der Waals surface area contributed by atoms with Crippen molar-refractivity contribution in [2.75, 3.05) is 19.5 Å². The Kier molecular flexibility index (Phi) is 4.36. The molecule has 1 aromatic heterocycles. The first-order valence-corrected chi connectivity index (χ1v) is 6.24. The van der Waals surface area contributed by atoms with Crippen LogP contribution in [0, 0.1) is 0 Å². The molecule has 0 radical (unpaired) electrons. The van der Waals surface area contributed by atoms with E-state index < -0.39 is 5.91 Å². The van der Waals surface area contributed by atoms with E-state index in [1.807, 2.05) is 0 Å². The molecule has 0 aliphatic heterocycles. The molecule has 6 nitrogen and oxygen atoms in total. The van der Waals surface area contributed by atoms with Crippen molar-refractivity contribution in [2.45, 2.75) is 0 Å². The number of nitrogens with zero attached hydrogens (tertiary/aromatic N) is 1. The number of anilines is 1. The molecule has 8 heteroatoms. The Labute approximate surface area is 125 Å². The average Bonchev–Trinajstić information content (AvgIpc) is 2.86. The van der Waals surface area contributed by atoms with Gasteiger partial charge in [0.1, 0.15) is 17.2 Å². The number of halogens is 2. The number of benzene rings is 1. The van der Waals surface area contributed by atoms with Gasteiger partial charge in [0.15, 0.2) is 0 Å². The van der Waals surface area contributed by atoms with Crippen LogP contribution in [0.4, 0.5) is 5.69 Å². The molecule has 0 saturated heterocycles. The molecule has 2 aromatic rings. The van der Waals surface area contributed by atoms with E-state index in [9.17, 15) is 4.79 Å². The van der Waals surface area contributed by atoms with Gasteiger partial charge in [0.05, 0.1) is 36.1 Å². The van der Waals surface area contributed by atoms with E-state index in [2.05, 4.69) is 15.5 Å². The van der Waals surface area contributed by atoms with Crippen molar-refractivity contribution < 1.29 is 14.3 Å². The molecule has 1 heterocycles. The maximum atomic E-state index is 12.1. The number of ether oxygens (including phenoxy) is 2. The van der Waals surface area contributed by atoms with Crippen molar-refractivity contribution in [3.8, 4) is 11.5 Å². The number of amides is 1. The van der Waals surface area contributed by atoms with E-state index in [4.69, 9.17) is 32.7 Å². The van der Waals surface area contributed by atoms with E-state index in [-0.39, 0.29) is 10.7 Å². The number of aromatic amines is 1. The molecule has 0 saturated carbocycles.